The molecule has 0 saturated heterocycles. The largest absolute Gasteiger partial charge is 0.252 e. The third kappa shape index (κ3) is 4.21. The van der Waals surface area contributed by atoms with E-state index in [0.29, 0.717) is 0 Å². The lowest BCUT2D eigenvalue weighted by molar-refractivity contribution is -0.241. The van der Waals surface area contributed by atoms with Gasteiger partial charge in [-0.1, -0.05) is 0 Å². The van der Waals surface area contributed by atoms with Gasteiger partial charge in [0, 0.05) is 0 Å². The predicted octanol–water partition coefficient (Wildman–Crippen LogP) is 1.10. The van der Waals surface area contributed by atoms with Crippen LogP contribution in [0.25, 0.3) is 0 Å². The van der Waals surface area contributed by atoms with E-state index in [9.17, 15) is 0 Å². The van der Waals surface area contributed by atoms with Crippen molar-refractivity contribution in [2.45, 2.75) is 12.3 Å². The molecule has 0 aliphatic heterocycles. The average molecular weight is 111 g/mol. The first-order valence-corrected chi connectivity index (χ1v) is 2.11. The molecule has 1 N–H and O–H groups in total. The standard InChI is InChI=1S/C3H7ClO2/c1-3(4)2-6-5/h3,5H,2H2,1H3. The van der Waals surface area contributed by atoms with Crippen LogP contribution in [0.15, 0.2) is 0 Å². The number of hydrogen-bond donors (Lipinski definition) is 1. The van der Waals surface area contributed by atoms with Crippen LogP contribution in [-0.2, 0) is 4.89 Å². The van der Waals surface area contributed by atoms with E-state index in [0.717, 1.165) is 0 Å². The highest BCUT2D eigenvalue weighted by Crippen LogP contribution is 1.90. The van der Waals surface area contributed by atoms with Gasteiger partial charge in [0.25, 0.3) is 0 Å². The molecular formula is C3H7ClO2. The lowest BCUT2D eigenvalue weighted by Gasteiger charge is -1.93. The minimum absolute atomic E-state index is 0.102. The van der Waals surface area contributed by atoms with Crippen LogP contribution in [0.2, 0.25) is 0 Å². The van der Waals surface area contributed by atoms with Crippen LogP contribution < -0.4 is 0 Å². The van der Waals surface area contributed by atoms with Gasteiger partial charge < -0.3 is 0 Å². The zero-order valence-electron chi connectivity index (χ0n) is 3.52. The maximum Gasteiger partial charge on any atom is 0.0980 e. The number of halogens is 1. The van der Waals surface area contributed by atoms with E-state index in [1.54, 1.807) is 6.92 Å². The first-order chi connectivity index (χ1) is 2.77. The molecule has 0 radical (unpaired) electrons. The molecule has 0 aliphatic carbocycles. The normalized spacial score (nSPS) is 14.5. The molecule has 0 aromatic heterocycles. The van der Waals surface area contributed by atoms with Crippen molar-refractivity contribution in [1.29, 1.82) is 0 Å². The quantitative estimate of drug-likeness (QED) is 0.328. The lowest BCUT2D eigenvalue weighted by Crippen LogP contribution is -2.00. The van der Waals surface area contributed by atoms with E-state index in [4.69, 9.17) is 16.9 Å². The smallest absolute Gasteiger partial charge is 0.0980 e. The molecule has 0 spiro atoms. The van der Waals surface area contributed by atoms with E-state index in [2.05, 4.69) is 4.89 Å². The van der Waals surface area contributed by atoms with Gasteiger partial charge in [-0.05, 0) is 6.92 Å². The Balaban J connectivity index is 2.63. The average Bonchev–Trinajstić information content (AvgIpc) is 1.35. The maximum atomic E-state index is 7.65. The maximum absolute atomic E-state index is 7.65. The van der Waals surface area contributed by atoms with Gasteiger partial charge >= 0.3 is 0 Å². The topological polar surface area (TPSA) is 29.5 Å². The van der Waals surface area contributed by atoms with Crippen molar-refractivity contribution in [3.05, 3.63) is 0 Å². The Kier molecular flexibility index (Phi) is 3.52. The van der Waals surface area contributed by atoms with Gasteiger partial charge in [-0.25, -0.2) is 4.89 Å². The van der Waals surface area contributed by atoms with Crippen molar-refractivity contribution in [2.75, 3.05) is 6.61 Å². The highest BCUT2D eigenvalue weighted by Gasteiger charge is 1.90. The van der Waals surface area contributed by atoms with Crippen molar-refractivity contribution in [2.24, 2.45) is 0 Å². The van der Waals surface area contributed by atoms with E-state index in [-0.39, 0.29) is 12.0 Å². The first kappa shape index (κ1) is 6.21. The summed E-state index contributed by atoms with van der Waals surface area (Å²) in [7, 11) is 0. The molecule has 38 valence electrons. The zero-order valence-corrected chi connectivity index (χ0v) is 4.27. The molecule has 0 rings (SSSR count). The van der Waals surface area contributed by atoms with Gasteiger partial charge in [0.2, 0.25) is 0 Å². The summed E-state index contributed by atoms with van der Waals surface area (Å²) in [6, 6.07) is 0. The van der Waals surface area contributed by atoms with Crippen molar-refractivity contribution >= 4 is 11.6 Å². The fourth-order valence-electron chi connectivity index (χ4n) is 0.103. The molecule has 6 heavy (non-hydrogen) atoms. The summed E-state index contributed by atoms with van der Waals surface area (Å²) in [5.41, 5.74) is 0. The van der Waals surface area contributed by atoms with Crippen LogP contribution in [0.4, 0.5) is 0 Å². The number of alkyl halides is 1. The fraction of sp³-hybridized carbons (Fsp3) is 1.00. The molecule has 0 heterocycles. The second-order valence-electron chi connectivity index (χ2n) is 1.08. The second kappa shape index (κ2) is 3.40. The molecule has 0 aliphatic rings. The van der Waals surface area contributed by atoms with Gasteiger partial charge in [-0.2, -0.15) is 0 Å². The van der Waals surface area contributed by atoms with Gasteiger partial charge in [0.05, 0.1) is 12.0 Å². The molecule has 0 aromatic rings. The Morgan fingerprint density at radius 3 is 2.50 bits per heavy atom. The Bertz CT molecular complexity index is 30.0. The Morgan fingerprint density at radius 2 is 2.50 bits per heavy atom. The molecule has 3 heteroatoms. The minimum Gasteiger partial charge on any atom is -0.252 e. The fourth-order valence-corrected chi connectivity index (χ4v) is 0.159. The number of hydrogen-bond acceptors (Lipinski definition) is 2. The number of rotatable bonds is 2. The van der Waals surface area contributed by atoms with Crippen molar-refractivity contribution < 1.29 is 10.1 Å². The van der Waals surface area contributed by atoms with E-state index < -0.39 is 0 Å². The summed E-state index contributed by atoms with van der Waals surface area (Å²) < 4.78 is 0. The van der Waals surface area contributed by atoms with Crippen LogP contribution in [0.1, 0.15) is 6.92 Å². The van der Waals surface area contributed by atoms with Crippen LogP contribution in [0, 0.1) is 0 Å². The summed E-state index contributed by atoms with van der Waals surface area (Å²) in [5, 5.41) is 7.55. The molecule has 0 fully saturated rings. The summed E-state index contributed by atoms with van der Waals surface area (Å²) in [4.78, 5) is 3.67. The monoisotopic (exact) mass is 110 g/mol. The van der Waals surface area contributed by atoms with Gasteiger partial charge in [0.1, 0.15) is 0 Å². The van der Waals surface area contributed by atoms with Crippen molar-refractivity contribution in [1.82, 2.24) is 0 Å². The summed E-state index contributed by atoms with van der Waals surface area (Å²) >= 11 is 5.29. The SMILES string of the molecule is CC(Cl)COO. The van der Waals surface area contributed by atoms with E-state index in [1.165, 1.54) is 0 Å². The Morgan fingerprint density at radius 1 is 2.00 bits per heavy atom. The molecule has 0 saturated carbocycles. The molecule has 0 amide bonds. The highest BCUT2D eigenvalue weighted by molar-refractivity contribution is 6.20. The minimum atomic E-state index is -0.102. The van der Waals surface area contributed by atoms with Gasteiger partial charge in [-0.15, -0.1) is 11.6 Å². The molecule has 1 atom stereocenters. The van der Waals surface area contributed by atoms with Crippen LogP contribution >= 0.6 is 11.6 Å². The lowest BCUT2D eigenvalue weighted by atomic mass is 10.5. The van der Waals surface area contributed by atoms with Crippen molar-refractivity contribution in [3.63, 3.8) is 0 Å². The van der Waals surface area contributed by atoms with Crippen LogP contribution in [0.5, 0.6) is 0 Å². The predicted molar refractivity (Wildman–Crippen MR) is 23.9 cm³/mol. The molecular weight excluding hydrogens is 103 g/mol. The molecule has 0 bridgehead atoms. The zero-order chi connectivity index (χ0) is 4.99. The molecule has 2 nitrogen and oxygen atoms in total. The Labute approximate surface area is 41.6 Å². The third-order valence-electron chi connectivity index (χ3n) is 0.304. The van der Waals surface area contributed by atoms with Crippen LogP contribution in [0.3, 0.4) is 0 Å². The van der Waals surface area contributed by atoms with Crippen LogP contribution in [-0.4, -0.2) is 17.2 Å². The summed E-state index contributed by atoms with van der Waals surface area (Å²) in [6.45, 7) is 1.93. The Hall–Kier alpha value is 0.210. The van der Waals surface area contributed by atoms with E-state index in [1.807, 2.05) is 0 Å². The van der Waals surface area contributed by atoms with E-state index >= 15 is 0 Å². The summed E-state index contributed by atoms with van der Waals surface area (Å²) in [5.74, 6) is 0. The third-order valence-corrected chi connectivity index (χ3v) is 0.430. The summed E-state index contributed by atoms with van der Waals surface area (Å²) in [6.07, 6.45) is 0. The first-order valence-electron chi connectivity index (χ1n) is 1.68. The molecule has 0 aromatic carbocycles. The van der Waals surface area contributed by atoms with Gasteiger partial charge in [-0.3, -0.25) is 5.26 Å². The second-order valence-corrected chi connectivity index (χ2v) is 1.82. The van der Waals surface area contributed by atoms with Crippen molar-refractivity contribution in [3.8, 4) is 0 Å². The van der Waals surface area contributed by atoms with Gasteiger partial charge in [0.15, 0.2) is 0 Å². The highest BCUT2D eigenvalue weighted by atomic mass is 35.5. The molecule has 1 unspecified atom stereocenters.